The lowest BCUT2D eigenvalue weighted by Gasteiger charge is -2.33. The van der Waals surface area contributed by atoms with Gasteiger partial charge in [0.15, 0.2) is 0 Å². The van der Waals surface area contributed by atoms with Gasteiger partial charge in [0.2, 0.25) is 0 Å². The minimum atomic E-state index is -0.729. The maximum absolute atomic E-state index is 12.2. The van der Waals surface area contributed by atoms with Crippen molar-refractivity contribution in [2.24, 2.45) is 11.8 Å². The zero-order chi connectivity index (χ0) is 16.1. The van der Waals surface area contributed by atoms with Crippen LogP contribution in [0.2, 0.25) is 0 Å². The van der Waals surface area contributed by atoms with Crippen molar-refractivity contribution in [1.29, 1.82) is 0 Å². The van der Waals surface area contributed by atoms with Gasteiger partial charge >= 0.3 is 12.0 Å². The standard InChI is InChI=1S/C16H28N2O4/c1-18(10-12-4-2-3-5-14(12)19)16(22)17-13-8-6-11(7-9-13)15(20)21/h11-14,19H,2-10H2,1H3,(H,17,22)(H,20,21). The van der Waals surface area contributed by atoms with Crippen LogP contribution in [0.4, 0.5) is 4.79 Å². The second-order valence-corrected chi connectivity index (χ2v) is 6.83. The van der Waals surface area contributed by atoms with Crippen molar-refractivity contribution < 1.29 is 19.8 Å². The zero-order valence-corrected chi connectivity index (χ0v) is 13.3. The summed E-state index contributed by atoms with van der Waals surface area (Å²) in [5.74, 6) is -0.816. The van der Waals surface area contributed by atoms with Crippen molar-refractivity contribution in [2.45, 2.75) is 63.5 Å². The lowest BCUT2D eigenvalue weighted by molar-refractivity contribution is -0.142. The Labute approximate surface area is 131 Å². The smallest absolute Gasteiger partial charge is 0.317 e. The van der Waals surface area contributed by atoms with Gasteiger partial charge in [-0.1, -0.05) is 12.8 Å². The number of carbonyl (C=O) groups is 2. The Morgan fingerprint density at radius 3 is 2.32 bits per heavy atom. The first-order chi connectivity index (χ1) is 10.5. The summed E-state index contributed by atoms with van der Waals surface area (Å²) < 4.78 is 0. The minimum Gasteiger partial charge on any atom is -0.481 e. The summed E-state index contributed by atoms with van der Waals surface area (Å²) in [5.41, 5.74) is 0. The number of carboxylic acid groups (broad SMARTS) is 1. The van der Waals surface area contributed by atoms with Crippen LogP contribution in [0.5, 0.6) is 0 Å². The normalized spacial score (nSPS) is 32.3. The lowest BCUT2D eigenvalue weighted by Crippen LogP contribution is -2.47. The number of aliphatic carboxylic acids is 1. The fourth-order valence-electron chi connectivity index (χ4n) is 3.61. The fourth-order valence-corrected chi connectivity index (χ4v) is 3.61. The molecule has 2 rings (SSSR count). The van der Waals surface area contributed by atoms with Crippen molar-refractivity contribution in [3.8, 4) is 0 Å². The number of hydrogen-bond donors (Lipinski definition) is 3. The van der Waals surface area contributed by atoms with E-state index < -0.39 is 5.97 Å². The van der Waals surface area contributed by atoms with E-state index in [0.29, 0.717) is 19.4 Å². The van der Waals surface area contributed by atoms with E-state index in [9.17, 15) is 14.7 Å². The molecule has 2 unspecified atom stereocenters. The van der Waals surface area contributed by atoms with E-state index in [4.69, 9.17) is 5.11 Å². The lowest BCUT2D eigenvalue weighted by atomic mass is 9.86. The third-order valence-electron chi connectivity index (χ3n) is 5.13. The molecule has 2 atom stereocenters. The molecule has 0 spiro atoms. The van der Waals surface area contributed by atoms with Crippen LogP contribution in [0, 0.1) is 11.8 Å². The number of amides is 2. The first-order valence-corrected chi connectivity index (χ1v) is 8.40. The van der Waals surface area contributed by atoms with Gasteiger partial charge in [0.25, 0.3) is 0 Å². The van der Waals surface area contributed by atoms with Gasteiger partial charge in [0, 0.05) is 25.6 Å². The average Bonchev–Trinajstić information content (AvgIpc) is 2.50. The highest BCUT2D eigenvalue weighted by Gasteiger charge is 2.29. The Hall–Kier alpha value is -1.30. The van der Waals surface area contributed by atoms with Gasteiger partial charge < -0.3 is 20.4 Å². The van der Waals surface area contributed by atoms with E-state index in [0.717, 1.165) is 38.5 Å². The molecule has 0 saturated heterocycles. The number of nitrogens with one attached hydrogen (secondary N) is 1. The zero-order valence-electron chi connectivity index (χ0n) is 13.3. The van der Waals surface area contributed by atoms with Crippen LogP contribution in [-0.2, 0) is 4.79 Å². The van der Waals surface area contributed by atoms with Gasteiger partial charge in [-0.2, -0.15) is 0 Å². The Balaban J connectivity index is 1.73. The predicted molar refractivity (Wildman–Crippen MR) is 82.5 cm³/mol. The third kappa shape index (κ3) is 4.60. The molecule has 6 nitrogen and oxygen atoms in total. The van der Waals surface area contributed by atoms with Crippen LogP contribution in [0.15, 0.2) is 0 Å². The Kier molecular flexibility index (Phi) is 6.06. The summed E-state index contributed by atoms with van der Waals surface area (Å²) in [6, 6.07) is -0.0432. The number of aliphatic hydroxyl groups is 1. The molecule has 0 aromatic heterocycles. The van der Waals surface area contributed by atoms with E-state index >= 15 is 0 Å². The van der Waals surface area contributed by atoms with Crippen LogP contribution in [0.25, 0.3) is 0 Å². The molecule has 2 saturated carbocycles. The minimum absolute atomic E-state index is 0.0711. The van der Waals surface area contributed by atoms with Crippen LogP contribution >= 0.6 is 0 Å². The molecule has 2 aliphatic carbocycles. The van der Waals surface area contributed by atoms with E-state index in [1.54, 1.807) is 11.9 Å². The molecule has 0 aromatic carbocycles. The van der Waals surface area contributed by atoms with Gasteiger partial charge in [-0.15, -0.1) is 0 Å². The molecule has 0 bridgehead atoms. The van der Waals surface area contributed by atoms with Crippen molar-refractivity contribution >= 4 is 12.0 Å². The predicted octanol–water partition coefficient (Wildman–Crippen LogP) is 1.82. The van der Waals surface area contributed by atoms with Crippen LogP contribution in [0.1, 0.15) is 51.4 Å². The largest absolute Gasteiger partial charge is 0.481 e. The van der Waals surface area contributed by atoms with Gasteiger partial charge in [0.1, 0.15) is 0 Å². The third-order valence-corrected chi connectivity index (χ3v) is 5.13. The molecule has 2 fully saturated rings. The average molecular weight is 312 g/mol. The van der Waals surface area contributed by atoms with Gasteiger partial charge in [-0.25, -0.2) is 4.79 Å². The summed E-state index contributed by atoms with van der Waals surface area (Å²) >= 11 is 0. The SMILES string of the molecule is CN(CC1CCCCC1O)C(=O)NC1CCC(C(=O)O)CC1. The number of hydrogen-bond acceptors (Lipinski definition) is 3. The highest BCUT2D eigenvalue weighted by atomic mass is 16.4. The van der Waals surface area contributed by atoms with E-state index in [-0.39, 0.29) is 30.0 Å². The maximum Gasteiger partial charge on any atom is 0.317 e. The monoisotopic (exact) mass is 312 g/mol. The summed E-state index contributed by atoms with van der Waals surface area (Å²) in [5, 5.41) is 22.0. The number of urea groups is 1. The summed E-state index contributed by atoms with van der Waals surface area (Å²) in [4.78, 5) is 24.8. The van der Waals surface area contributed by atoms with Crippen LogP contribution < -0.4 is 5.32 Å². The molecule has 0 radical (unpaired) electrons. The molecule has 6 heteroatoms. The van der Waals surface area contributed by atoms with Crippen LogP contribution in [-0.4, -0.2) is 52.9 Å². The van der Waals surface area contributed by atoms with Crippen molar-refractivity contribution in [3.05, 3.63) is 0 Å². The fraction of sp³-hybridized carbons (Fsp3) is 0.875. The molecule has 2 aliphatic rings. The molecule has 2 amide bonds. The Bertz CT molecular complexity index is 394. The van der Waals surface area contributed by atoms with Gasteiger partial charge in [0.05, 0.1) is 12.0 Å². The quantitative estimate of drug-likeness (QED) is 0.738. The highest BCUT2D eigenvalue weighted by molar-refractivity contribution is 5.74. The van der Waals surface area contributed by atoms with Gasteiger partial charge in [-0.05, 0) is 38.5 Å². The number of aliphatic hydroxyl groups excluding tert-OH is 1. The molecule has 22 heavy (non-hydrogen) atoms. The first kappa shape index (κ1) is 17.1. The Morgan fingerprint density at radius 1 is 1.09 bits per heavy atom. The number of rotatable bonds is 4. The molecule has 126 valence electrons. The number of carboxylic acids is 1. The second kappa shape index (κ2) is 7.81. The summed E-state index contributed by atoms with van der Waals surface area (Å²) in [7, 11) is 1.76. The molecular weight excluding hydrogens is 284 g/mol. The molecular formula is C16H28N2O4. The molecule has 0 heterocycles. The topological polar surface area (TPSA) is 89.9 Å². The summed E-state index contributed by atoms with van der Waals surface area (Å²) in [6.07, 6.45) is 6.41. The Morgan fingerprint density at radius 2 is 1.73 bits per heavy atom. The van der Waals surface area contributed by atoms with E-state index in [1.807, 2.05) is 0 Å². The number of nitrogens with zero attached hydrogens (tertiary/aromatic N) is 1. The highest BCUT2D eigenvalue weighted by Crippen LogP contribution is 2.26. The van der Waals surface area contributed by atoms with Crippen molar-refractivity contribution in [1.82, 2.24) is 10.2 Å². The molecule has 0 aliphatic heterocycles. The second-order valence-electron chi connectivity index (χ2n) is 6.83. The van der Waals surface area contributed by atoms with Crippen LogP contribution in [0.3, 0.4) is 0 Å². The van der Waals surface area contributed by atoms with Crippen molar-refractivity contribution in [3.63, 3.8) is 0 Å². The molecule has 3 N–H and O–H groups in total. The van der Waals surface area contributed by atoms with Gasteiger partial charge in [-0.3, -0.25) is 4.79 Å². The maximum atomic E-state index is 12.2. The number of carbonyl (C=O) groups excluding carboxylic acids is 1. The molecule has 0 aromatic rings. The van der Waals surface area contributed by atoms with Crippen molar-refractivity contribution in [2.75, 3.05) is 13.6 Å². The summed E-state index contributed by atoms with van der Waals surface area (Å²) in [6.45, 7) is 0.581. The van der Waals surface area contributed by atoms with E-state index in [2.05, 4.69) is 5.32 Å². The van der Waals surface area contributed by atoms with E-state index in [1.165, 1.54) is 0 Å². The first-order valence-electron chi connectivity index (χ1n) is 8.40.